The van der Waals surface area contributed by atoms with Crippen molar-refractivity contribution in [1.29, 1.82) is 0 Å². The molecule has 0 aliphatic rings. The van der Waals surface area contributed by atoms with Crippen molar-refractivity contribution in [3.8, 4) is 5.75 Å². The molecule has 0 amide bonds. The van der Waals surface area contributed by atoms with Crippen LogP contribution in [0.2, 0.25) is 0 Å². The monoisotopic (exact) mass is 275 g/mol. The van der Waals surface area contributed by atoms with Crippen molar-refractivity contribution in [1.82, 2.24) is 0 Å². The highest BCUT2D eigenvalue weighted by Crippen LogP contribution is 2.31. The molecule has 2 aromatic rings. The van der Waals surface area contributed by atoms with Crippen LogP contribution in [0.1, 0.15) is 10.4 Å². The van der Waals surface area contributed by atoms with Crippen LogP contribution in [0.4, 0.5) is 5.69 Å². The summed E-state index contributed by atoms with van der Waals surface area (Å²) in [6, 6.07) is 12.5. The number of ether oxygens (including phenoxy) is 1. The summed E-state index contributed by atoms with van der Waals surface area (Å²) >= 11 is 1.47. The first-order valence-electron chi connectivity index (χ1n) is 5.55. The van der Waals surface area contributed by atoms with Crippen LogP contribution in [0.25, 0.3) is 0 Å². The molecule has 5 heteroatoms. The summed E-state index contributed by atoms with van der Waals surface area (Å²) in [5, 5.41) is 9.12. The first kappa shape index (κ1) is 13.3. The van der Waals surface area contributed by atoms with Crippen molar-refractivity contribution in [3.05, 3.63) is 48.0 Å². The maximum atomic E-state index is 11.1. The summed E-state index contributed by atoms with van der Waals surface area (Å²) in [6.45, 7) is 0. The van der Waals surface area contributed by atoms with E-state index in [1.54, 1.807) is 12.1 Å². The van der Waals surface area contributed by atoms with Gasteiger partial charge in [0.1, 0.15) is 11.3 Å². The van der Waals surface area contributed by atoms with E-state index in [0.717, 1.165) is 9.79 Å². The first-order valence-corrected chi connectivity index (χ1v) is 6.36. The van der Waals surface area contributed by atoms with Crippen LogP contribution >= 0.6 is 11.8 Å². The van der Waals surface area contributed by atoms with Gasteiger partial charge in [-0.2, -0.15) is 0 Å². The molecular weight excluding hydrogens is 262 g/mol. The van der Waals surface area contributed by atoms with Crippen molar-refractivity contribution in [2.45, 2.75) is 9.79 Å². The fourth-order valence-corrected chi connectivity index (χ4v) is 2.45. The zero-order valence-electron chi connectivity index (χ0n) is 10.3. The van der Waals surface area contributed by atoms with Gasteiger partial charge in [0.15, 0.2) is 0 Å². The van der Waals surface area contributed by atoms with E-state index in [9.17, 15) is 4.79 Å². The topological polar surface area (TPSA) is 72.5 Å². The van der Waals surface area contributed by atoms with Gasteiger partial charge in [-0.15, -0.1) is 0 Å². The van der Waals surface area contributed by atoms with E-state index in [1.165, 1.54) is 18.9 Å². The molecule has 0 radical (unpaired) electrons. The fourth-order valence-electron chi connectivity index (χ4n) is 1.59. The molecule has 0 atom stereocenters. The minimum Gasteiger partial charge on any atom is -0.496 e. The minimum absolute atomic E-state index is 0.156. The maximum absolute atomic E-state index is 11.1. The molecule has 3 N–H and O–H groups in total. The van der Waals surface area contributed by atoms with Gasteiger partial charge < -0.3 is 15.6 Å². The van der Waals surface area contributed by atoms with Gasteiger partial charge in [-0.05, 0) is 42.5 Å². The Kier molecular flexibility index (Phi) is 3.97. The predicted molar refractivity (Wildman–Crippen MR) is 74.9 cm³/mol. The Labute approximate surface area is 115 Å². The Bertz CT molecular complexity index is 596. The number of carboxylic acids is 1. The van der Waals surface area contributed by atoms with Crippen LogP contribution in [-0.2, 0) is 0 Å². The summed E-state index contributed by atoms with van der Waals surface area (Å²) in [7, 11) is 1.45. The summed E-state index contributed by atoms with van der Waals surface area (Å²) in [5.74, 6) is -0.647. The molecule has 0 bridgehead atoms. The van der Waals surface area contributed by atoms with Crippen molar-refractivity contribution in [2.24, 2.45) is 0 Å². The van der Waals surface area contributed by atoms with Gasteiger partial charge in [0.05, 0.1) is 7.11 Å². The van der Waals surface area contributed by atoms with Gasteiger partial charge in [0.25, 0.3) is 0 Å². The molecule has 4 nitrogen and oxygen atoms in total. The third kappa shape index (κ3) is 3.20. The van der Waals surface area contributed by atoms with E-state index in [-0.39, 0.29) is 5.56 Å². The average Bonchev–Trinajstić information content (AvgIpc) is 2.41. The third-order valence-electron chi connectivity index (χ3n) is 2.52. The fraction of sp³-hybridized carbons (Fsp3) is 0.0714. The molecule has 0 aliphatic carbocycles. The van der Waals surface area contributed by atoms with E-state index in [2.05, 4.69) is 0 Å². The minimum atomic E-state index is -1.00. The Hall–Kier alpha value is -2.14. The Balaban J connectivity index is 2.28. The summed E-state index contributed by atoms with van der Waals surface area (Å²) < 4.78 is 5.02. The highest BCUT2D eigenvalue weighted by atomic mass is 32.2. The SMILES string of the molecule is COc1ccc(Sc2ccc(N)cc2)cc1C(=O)O. The quantitative estimate of drug-likeness (QED) is 0.839. The van der Waals surface area contributed by atoms with Gasteiger partial charge in [0, 0.05) is 15.5 Å². The number of aromatic carboxylic acids is 1. The predicted octanol–water partition coefficient (Wildman–Crippen LogP) is 3.13. The lowest BCUT2D eigenvalue weighted by atomic mass is 10.2. The number of benzene rings is 2. The molecule has 0 heterocycles. The number of carboxylic acid groups (broad SMARTS) is 1. The van der Waals surface area contributed by atoms with Crippen LogP contribution in [-0.4, -0.2) is 18.2 Å². The van der Waals surface area contributed by atoms with Gasteiger partial charge in [-0.3, -0.25) is 0 Å². The van der Waals surface area contributed by atoms with E-state index in [4.69, 9.17) is 15.6 Å². The van der Waals surface area contributed by atoms with Gasteiger partial charge in [-0.25, -0.2) is 4.79 Å². The summed E-state index contributed by atoms with van der Waals surface area (Å²) in [4.78, 5) is 13.0. The van der Waals surface area contributed by atoms with Crippen LogP contribution in [0.15, 0.2) is 52.3 Å². The van der Waals surface area contributed by atoms with E-state index < -0.39 is 5.97 Å². The van der Waals surface area contributed by atoms with Crippen molar-refractivity contribution in [2.75, 3.05) is 12.8 Å². The van der Waals surface area contributed by atoms with Crippen molar-refractivity contribution < 1.29 is 14.6 Å². The lowest BCUT2D eigenvalue weighted by Crippen LogP contribution is -2.00. The molecule has 2 aromatic carbocycles. The van der Waals surface area contributed by atoms with Gasteiger partial charge in [-0.1, -0.05) is 11.8 Å². The second-order valence-electron chi connectivity index (χ2n) is 3.84. The first-order chi connectivity index (χ1) is 9.10. The molecule has 2 rings (SSSR count). The molecular formula is C14H13NO3S. The molecule has 0 saturated carbocycles. The van der Waals surface area contributed by atoms with E-state index in [0.29, 0.717) is 11.4 Å². The zero-order valence-corrected chi connectivity index (χ0v) is 11.1. The molecule has 0 fully saturated rings. The number of nitrogen functional groups attached to an aromatic ring is 1. The highest BCUT2D eigenvalue weighted by molar-refractivity contribution is 7.99. The standard InChI is InChI=1S/C14H13NO3S/c1-18-13-7-6-11(8-12(13)14(16)17)19-10-4-2-9(15)3-5-10/h2-8H,15H2,1H3,(H,16,17). The number of carbonyl (C=O) groups is 1. The largest absolute Gasteiger partial charge is 0.496 e. The normalized spacial score (nSPS) is 10.2. The van der Waals surface area contributed by atoms with Crippen molar-refractivity contribution in [3.63, 3.8) is 0 Å². The molecule has 19 heavy (non-hydrogen) atoms. The molecule has 0 saturated heterocycles. The molecule has 0 unspecified atom stereocenters. The van der Waals surface area contributed by atoms with Crippen LogP contribution in [0.3, 0.4) is 0 Å². The number of nitrogens with two attached hydrogens (primary N) is 1. The number of rotatable bonds is 4. The molecule has 0 spiro atoms. The molecule has 98 valence electrons. The third-order valence-corrected chi connectivity index (χ3v) is 3.51. The van der Waals surface area contributed by atoms with Gasteiger partial charge >= 0.3 is 5.97 Å². The molecule has 0 aliphatic heterocycles. The smallest absolute Gasteiger partial charge is 0.339 e. The zero-order chi connectivity index (χ0) is 13.8. The van der Waals surface area contributed by atoms with E-state index in [1.807, 2.05) is 30.3 Å². The second kappa shape index (κ2) is 5.67. The lowest BCUT2D eigenvalue weighted by Gasteiger charge is -2.07. The van der Waals surface area contributed by atoms with Crippen LogP contribution in [0.5, 0.6) is 5.75 Å². The Morgan fingerprint density at radius 1 is 1.16 bits per heavy atom. The number of hydrogen-bond acceptors (Lipinski definition) is 4. The van der Waals surface area contributed by atoms with Crippen LogP contribution in [0, 0.1) is 0 Å². The lowest BCUT2D eigenvalue weighted by molar-refractivity contribution is 0.0693. The number of anilines is 1. The van der Waals surface area contributed by atoms with Crippen LogP contribution < -0.4 is 10.5 Å². The Morgan fingerprint density at radius 2 is 1.79 bits per heavy atom. The van der Waals surface area contributed by atoms with Crippen molar-refractivity contribution >= 4 is 23.4 Å². The van der Waals surface area contributed by atoms with Gasteiger partial charge in [0.2, 0.25) is 0 Å². The second-order valence-corrected chi connectivity index (χ2v) is 4.99. The number of hydrogen-bond donors (Lipinski definition) is 2. The average molecular weight is 275 g/mol. The van der Waals surface area contributed by atoms with E-state index >= 15 is 0 Å². The molecule has 0 aromatic heterocycles. The Morgan fingerprint density at radius 3 is 2.37 bits per heavy atom. The summed E-state index contributed by atoms with van der Waals surface area (Å²) in [6.07, 6.45) is 0. The maximum Gasteiger partial charge on any atom is 0.339 e. The summed E-state index contributed by atoms with van der Waals surface area (Å²) in [5.41, 5.74) is 6.47. The number of methoxy groups -OCH3 is 1. The highest BCUT2D eigenvalue weighted by Gasteiger charge is 2.12.